The average Bonchev–Trinajstić information content (AvgIpc) is 2.56. The van der Waals surface area contributed by atoms with Crippen LogP contribution in [0.4, 0.5) is 5.69 Å². The third kappa shape index (κ3) is 6.04. The van der Waals surface area contributed by atoms with Gasteiger partial charge in [-0.25, -0.2) is 4.79 Å². The van der Waals surface area contributed by atoms with Gasteiger partial charge in [0.05, 0.1) is 11.3 Å². The predicted octanol–water partition coefficient (Wildman–Crippen LogP) is 4.12. The van der Waals surface area contributed by atoms with E-state index >= 15 is 0 Å². The number of amides is 1. The minimum atomic E-state index is -1.07. The second-order valence-electron chi connectivity index (χ2n) is 4.80. The standard InChI is InChI=1S/C17H12I2N2O3S/c18-11-8-12(16(23)24)15(13(19)9-11)21-17(25)20-14(22)7-6-10-4-2-1-3-5-10/h1-9H,(H,23,24)(H2,20,21,22,25). The van der Waals surface area contributed by atoms with Crippen molar-refractivity contribution in [3.8, 4) is 0 Å². The monoisotopic (exact) mass is 578 g/mol. The summed E-state index contributed by atoms with van der Waals surface area (Å²) in [5.74, 6) is -1.48. The topological polar surface area (TPSA) is 78.4 Å². The van der Waals surface area contributed by atoms with Crippen molar-refractivity contribution in [3.63, 3.8) is 0 Å². The Hall–Kier alpha value is -1.53. The molecule has 0 saturated heterocycles. The van der Waals surface area contributed by atoms with Gasteiger partial charge in [-0.05, 0) is 81.2 Å². The normalized spacial score (nSPS) is 10.5. The van der Waals surface area contributed by atoms with Crippen molar-refractivity contribution in [1.82, 2.24) is 5.32 Å². The van der Waals surface area contributed by atoms with Crippen molar-refractivity contribution >= 4 is 86.2 Å². The van der Waals surface area contributed by atoms with Crippen LogP contribution >= 0.6 is 57.4 Å². The SMILES string of the molecule is O=C(C=Cc1ccccc1)NC(=S)Nc1c(I)cc(I)cc1C(=O)O. The molecule has 0 unspecified atom stereocenters. The van der Waals surface area contributed by atoms with Crippen molar-refractivity contribution in [2.24, 2.45) is 0 Å². The third-order valence-corrected chi connectivity index (χ3v) is 4.67. The summed E-state index contributed by atoms with van der Waals surface area (Å²) in [5.41, 5.74) is 1.33. The maximum absolute atomic E-state index is 11.9. The lowest BCUT2D eigenvalue weighted by molar-refractivity contribution is -0.115. The fraction of sp³-hybridized carbons (Fsp3) is 0. The molecule has 0 aromatic heterocycles. The van der Waals surface area contributed by atoms with Gasteiger partial charge >= 0.3 is 5.97 Å². The van der Waals surface area contributed by atoms with Crippen LogP contribution in [0.5, 0.6) is 0 Å². The fourth-order valence-corrected chi connectivity index (χ4v) is 4.09. The Kier molecular flexibility index (Phi) is 7.32. The molecule has 128 valence electrons. The first-order chi connectivity index (χ1) is 11.9. The summed E-state index contributed by atoms with van der Waals surface area (Å²) in [4.78, 5) is 23.3. The Morgan fingerprint density at radius 3 is 2.44 bits per heavy atom. The molecule has 8 heteroatoms. The summed E-state index contributed by atoms with van der Waals surface area (Å²) in [6.45, 7) is 0. The van der Waals surface area contributed by atoms with Gasteiger partial charge in [0.15, 0.2) is 5.11 Å². The first-order valence-corrected chi connectivity index (χ1v) is 9.51. The van der Waals surface area contributed by atoms with E-state index in [9.17, 15) is 14.7 Å². The number of hydrogen-bond acceptors (Lipinski definition) is 3. The second kappa shape index (κ2) is 9.25. The van der Waals surface area contributed by atoms with Crippen LogP contribution in [0, 0.1) is 7.14 Å². The smallest absolute Gasteiger partial charge is 0.337 e. The first-order valence-electron chi connectivity index (χ1n) is 6.94. The maximum Gasteiger partial charge on any atom is 0.337 e. The van der Waals surface area contributed by atoms with Gasteiger partial charge in [0.2, 0.25) is 5.91 Å². The number of hydrogen-bond donors (Lipinski definition) is 3. The highest BCUT2D eigenvalue weighted by Crippen LogP contribution is 2.26. The molecule has 0 spiro atoms. The van der Waals surface area contributed by atoms with Crippen LogP contribution in [0.15, 0.2) is 48.5 Å². The van der Waals surface area contributed by atoms with Crippen LogP contribution in [0.1, 0.15) is 15.9 Å². The first kappa shape index (κ1) is 19.8. The van der Waals surface area contributed by atoms with Crippen molar-refractivity contribution in [1.29, 1.82) is 0 Å². The molecule has 0 aliphatic rings. The number of thiocarbonyl (C=S) groups is 1. The second-order valence-corrected chi connectivity index (χ2v) is 7.62. The van der Waals surface area contributed by atoms with E-state index < -0.39 is 11.9 Å². The molecule has 2 aromatic rings. The lowest BCUT2D eigenvalue weighted by atomic mass is 10.2. The maximum atomic E-state index is 11.9. The molecule has 0 atom stereocenters. The molecule has 0 aliphatic heterocycles. The largest absolute Gasteiger partial charge is 0.478 e. The Morgan fingerprint density at radius 2 is 1.80 bits per heavy atom. The number of carboxylic acid groups (broad SMARTS) is 1. The number of carbonyl (C=O) groups excluding carboxylic acids is 1. The number of nitrogens with one attached hydrogen (secondary N) is 2. The molecule has 0 saturated carbocycles. The van der Waals surface area contributed by atoms with E-state index in [-0.39, 0.29) is 10.7 Å². The molecule has 0 heterocycles. The van der Waals surface area contributed by atoms with Crippen LogP contribution < -0.4 is 10.6 Å². The Balaban J connectivity index is 2.07. The lowest BCUT2D eigenvalue weighted by Gasteiger charge is -2.13. The molecule has 0 aliphatic carbocycles. The quantitative estimate of drug-likeness (QED) is 0.289. The van der Waals surface area contributed by atoms with E-state index in [0.717, 1.165) is 9.13 Å². The van der Waals surface area contributed by atoms with Gasteiger partial charge in [0.25, 0.3) is 0 Å². The summed E-state index contributed by atoms with van der Waals surface area (Å²) in [5, 5.41) is 14.7. The zero-order chi connectivity index (χ0) is 18.4. The highest BCUT2D eigenvalue weighted by Gasteiger charge is 2.16. The number of rotatable bonds is 4. The minimum Gasteiger partial charge on any atom is -0.478 e. The number of halogens is 2. The number of anilines is 1. The molecule has 3 N–H and O–H groups in total. The molecule has 25 heavy (non-hydrogen) atoms. The van der Waals surface area contributed by atoms with Crippen LogP contribution in [0.3, 0.4) is 0 Å². The van der Waals surface area contributed by atoms with E-state index in [4.69, 9.17) is 12.2 Å². The van der Waals surface area contributed by atoms with Gasteiger partial charge < -0.3 is 10.4 Å². The van der Waals surface area contributed by atoms with Gasteiger partial charge in [-0.3, -0.25) is 10.1 Å². The van der Waals surface area contributed by atoms with E-state index in [1.54, 1.807) is 6.08 Å². The summed E-state index contributed by atoms with van der Waals surface area (Å²) >= 11 is 9.17. The molecule has 1 amide bonds. The Bertz CT molecular complexity index is 854. The van der Waals surface area contributed by atoms with Crippen LogP contribution in [0.25, 0.3) is 6.08 Å². The molecule has 0 fully saturated rings. The van der Waals surface area contributed by atoms with E-state index in [0.29, 0.717) is 9.26 Å². The van der Waals surface area contributed by atoms with E-state index in [1.165, 1.54) is 12.1 Å². The summed E-state index contributed by atoms with van der Waals surface area (Å²) < 4.78 is 1.49. The highest BCUT2D eigenvalue weighted by atomic mass is 127. The number of aromatic carboxylic acids is 1. The Morgan fingerprint density at radius 1 is 1.12 bits per heavy atom. The average molecular weight is 578 g/mol. The van der Waals surface area contributed by atoms with E-state index in [2.05, 4.69) is 10.6 Å². The molecule has 0 bridgehead atoms. The minimum absolute atomic E-state index is 0.0318. The van der Waals surface area contributed by atoms with Gasteiger partial charge in [-0.1, -0.05) is 30.3 Å². The third-order valence-electron chi connectivity index (χ3n) is 2.99. The number of carboxylic acids is 1. The zero-order valence-corrected chi connectivity index (χ0v) is 17.8. The van der Waals surface area contributed by atoms with Gasteiger partial charge in [-0.2, -0.15) is 0 Å². The van der Waals surface area contributed by atoms with Gasteiger partial charge in [0, 0.05) is 13.2 Å². The molecule has 2 rings (SSSR count). The number of carbonyl (C=O) groups is 2. The van der Waals surface area contributed by atoms with Crippen LogP contribution in [-0.4, -0.2) is 22.1 Å². The predicted molar refractivity (Wildman–Crippen MR) is 119 cm³/mol. The van der Waals surface area contributed by atoms with Crippen molar-refractivity contribution in [2.75, 3.05) is 5.32 Å². The van der Waals surface area contributed by atoms with Gasteiger partial charge in [-0.15, -0.1) is 0 Å². The lowest BCUT2D eigenvalue weighted by Crippen LogP contribution is -2.33. The van der Waals surface area contributed by atoms with Crippen LogP contribution in [-0.2, 0) is 4.79 Å². The molecule has 0 radical (unpaired) electrons. The van der Waals surface area contributed by atoms with Crippen molar-refractivity contribution in [2.45, 2.75) is 0 Å². The summed E-state index contributed by atoms with van der Waals surface area (Å²) in [6, 6.07) is 12.7. The summed E-state index contributed by atoms with van der Waals surface area (Å²) in [7, 11) is 0. The fourth-order valence-electron chi connectivity index (χ4n) is 1.90. The van der Waals surface area contributed by atoms with E-state index in [1.807, 2.05) is 81.6 Å². The van der Waals surface area contributed by atoms with Crippen molar-refractivity contribution in [3.05, 3.63) is 66.8 Å². The molecular formula is C17H12I2N2O3S. The molecule has 5 nitrogen and oxygen atoms in total. The molecule has 2 aromatic carbocycles. The molecular weight excluding hydrogens is 566 g/mol. The zero-order valence-electron chi connectivity index (χ0n) is 12.6. The van der Waals surface area contributed by atoms with Gasteiger partial charge in [0.1, 0.15) is 0 Å². The Labute approximate surface area is 177 Å². The highest BCUT2D eigenvalue weighted by molar-refractivity contribution is 14.1. The van der Waals surface area contributed by atoms with Crippen molar-refractivity contribution < 1.29 is 14.7 Å². The van der Waals surface area contributed by atoms with Crippen LogP contribution in [0.2, 0.25) is 0 Å². The number of benzene rings is 2. The summed E-state index contributed by atoms with van der Waals surface area (Å²) in [6.07, 6.45) is 3.02.